The predicted octanol–water partition coefficient (Wildman–Crippen LogP) is 2.57. The van der Waals surface area contributed by atoms with Gasteiger partial charge in [0.25, 0.3) is 0 Å². The highest BCUT2D eigenvalue weighted by molar-refractivity contribution is 7.10. The molecule has 1 saturated carbocycles. The van der Waals surface area contributed by atoms with Crippen molar-refractivity contribution < 1.29 is 0 Å². The first kappa shape index (κ1) is 11.1. The molecule has 0 amide bonds. The Morgan fingerprint density at radius 2 is 2.00 bits per heavy atom. The van der Waals surface area contributed by atoms with E-state index in [1.54, 1.807) is 11.3 Å². The number of thiophene rings is 1. The fraction of sp³-hybridized carbons (Fsp3) is 0.667. The lowest BCUT2D eigenvalue weighted by Gasteiger charge is -2.30. The molecule has 0 radical (unpaired) electrons. The zero-order valence-corrected chi connectivity index (χ0v) is 10.1. The Balaban J connectivity index is 2.02. The van der Waals surface area contributed by atoms with Gasteiger partial charge in [-0.3, -0.25) is 0 Å². The smallest absolute Gasteiger partial charge is 0.0421 e. The Morgan fingerprint density at radius 3 is 2.53 bits per heavy atom. The quantitative estimate of drug-likeness (QED) is 0.811. The first-order valence-electron chi connectivity index (χ1n) is 5.73. The molecule has 1 aliphatic carbocycles. The standard InChI is InChI=1S/C12H20N2S/c1-8-6-7-15-12(8)11(14)9-2-4-10(13)5-3-9/h6-7,9-11H,2-5,13-14H2,1H3. The van der Waals surface area contributed by atoms with E-state index in [0.717, 1.165) is 12.8 Å². The summed E-state index contributed by atoms with van der Waals surface area (Å²) >= 11 is 1.80. The van der Waals surface area contributed by atoms with Gasteiger partial charge in [-0.15, -0.1) is 11.3 Å². The Labute approximate surface area is 95.7 Å². The molecule has 1 unspecified atom stereocenters. The van der Waals surface area contributed by atoms with Crippen LogP contribution < -0.4 is 11.5 Å². The molecular formula is C12H20N2S. The van der Waals surface area contributed by atoms with E-state index < -0.39 is 0 Å². The van der Waals surface area contributed by atoms with Crippen molar-refractivity contribution in [1.82, 2.24) is 0 Å². The molecule has 0 spiro atoms. The number of aryl methyl sites for hydroxylation is 1. The van der Waals surface area contributed by atoms with E-state index in [-0.39, 0.29) is 6.04 Å². The summed E-state index contributed by atoms with van der Waals surface area (Å²) in [5.74, 6) is 0.641. The maximum atomic E-state index is 6.33. The average Bonchev–Trinajstić information content (AvgIpc) is 2.65. The molecule has 4 N–H and O–H groups in total. The summed E-state index contributed by atoms with van der Waals surface area (Å²) in [5, 5.41) is 2.14. The van der Waals surface area contributed by atoms with Crippen molar-refractivity contribution in [2.24, 2.45) is 17.4 Å². The molecule has 2 nitrogen and oxygen atoms in total. The number of hydrogen-bond donors (Lipinski definition) is 2. The van der Waals surface area contributed by atoms with Crippen LogP contribution in [0.2, 0.25) is 0 Å². The Hall–Kier alpha value is -0.380. The van der Waals surface area contributed by atoms with Crippen molar-refractivity contribution in [2.45, 2.75) is 44.7 Å². The number of nitrogens with two attached hydrogens (primary N) is 2. The third-order valence-electron chi connectivity index (χ3n) is 3.53. The summed E-state index contributed by atoms with van der Waals surface area (Å²) in [4.78, 5) is 1.37. The molecule has 84 valence electrons. The minimum Gasteiger partial charge on any atom is -0.328 e. The zero-order valence-electron chi connectivity index (χ0n) is 9.28. The zero-order chi connectivity index (χ0) is 10.8. The van der Waals surface area contributed by atoms with Crippen molar-refractivity contribution in [3.63, 3.8) is 0 Å². The molecule has 1 aliphatic rings. The van der Waals surface area contributed by atoms with Crippen LogP contribution in [0.1, 0.15) is 42.2 Å². The van der Waals surface area contributed by atoms with Crippen LogP contribution in [0.15, 0.2) is 11.4 Å². The molecule has 1 atom stereocenters. The lowest BCUT2D eigenvalue weighted by molar-refractivity contribution is 0.286. The van der Waals surface area contributed by atoms with Crippen molar-refractivity contribution in [3.05, 3.63) is 21.9 Å². The average molecular weight is 224 g/mol. The van der Waals surface area contributed by atoms with E-state index in [4.69, 9.17) is 11.5 Å². The van der Waals surface area contributed by atoms with Gasteiger partial charge in [-0.25, -0.2) is 0 Å². The molecular weight excluding hydrogens is 204 g/mol. The minimum atomic E-state index is 0.234. The summed E-state index contributed by atoms with van der Waals surface area (Å²) in [5.41, 5.74) is 13.6. The van der Waals surface area contributed by atoms with E-state index in [1.807, 2.05) is 0 Å². The van der Waals surface area contributed by atoms with E-state index in [2.05, 4.69) is 18.4 Å². The third-order valence-corrected chi connectivity index (χ3v) is 4.65. The Bertz CT molecular complexity index is 313. The van der Waals surface area contributed by atoms with Gasteiger partial charge in [0.05, 0.1) is 0 Å². The van der Waals surface area contributed by atoms with E-state index in [1.165, 1.54) is 23.3 Å². The van der Waals surface area contributed by atoms with Gasteiger partial charge in [-0.1, -0.05) is 0 Å². The molecule has 3 heteroatoms. The van der Waals surface area contributed by atoms with Crippen LogP contribution in [0.25, 0.3) is 0 Å². The maximum absolute atomic E-state index is 6.33. The van der Waals surface area contributed by atoms with Crippen molar-refractivity contribution in [2.75, 3.05) is 0 Å². The molecule has 0 saturated heterocycles. The second-order valence-electron chi connectivity index (χ2n) is 4.67. The second kappa shape index (κ2) is 4.64. The molecule has 1 heterocycles. The molecule has 2 rings (SSSR count). The van der Waals surface area contributed by atoms with Gasteiger partial charge in [0.15, 0.2) is 0 Å². The first-order valence-corrected chi connectivity index (χ1v) is 6.61. The lowest BCUT2D eigenvalue weighted by atomic mass is 9.81. The van der Waals surface area contributed by atoms with Crippen LogP contribution in [-0.2, 0) is 0 Å². The molecule has 1 fully saturated rings. The summed E-state index contributed by atoms with van der Waals surface area (Å²) in [7, 11) is 0. The van der Waals surface area contributed by atoms with Crippen molar-refractivity contribution in [3.8, 4) is 0 Å². The SMILES string of the molecule is Cc1ccsc1C(N)C1CCC(N)CC1. The van der Waals surface area contributed by atoms with Crippen LogP contribution in [-0.4, -0.2) is 6.04 Å². The first-order chi connectivity index (χ1) is 7.18. The van der Waals surface area contributed by atoms with Crippen molar-refractivity contribution in [1.29, 1.82) is 0 Å². The highest BCUT2D eigenvalue weighted by atomic mass is 32.1. The second-order valence-corrected chi connectivity index (χ2v) is 5.62. The monoisotopic (exact) mass is 224 g/mol. The van der Waals surface area contributed by atoms with Crippen LogP contribution in [0, 0.1) is 12.8 Å². The van der Waals surface area contributed by atoms with Gasteiger partial charge in [-0.2, -0.15) is 0 Å². The van der Waals surface area contributed by atoms with Gasteiger partial charge in [0.1, 0.15) is 0 Å². The molecule has 0 aliphatic heterocycles. The molecule has 1 aromatic heterocycles. The predicted molar refractivity (Wildman–Crippen MR) is 65.9 cm³/mol. The third kappa shape index (κ3) is 2.41. The largest absolute Gasteiger partial charge is 0.328 e. The molecule has 15 heavy (non-hydrogen) atoms. The van der Waals surface area contributed by atoms with E-state index >= 15 is 0 Å². The van der Waals surface area contributed by atoms with Gasteiger partial charge < -0.3 is 11.5 Å². The van der Waals surface area contributed by atoms with Crippen LogP contribution >= 0.6 is 11.3 Å². The lowest BCUT2D eigenvalue weighted by Crippen LogP contribution is -2.31. The molecule has 0 aromatic carbocycles. The molecule has 1 aromatic rings. The Kier molecular flexibility index (Phi) is 3.44. The minimum absolute atomic E-state index is 0.234. The van der Waals surface area contributed by atoms with E-state index in [0.29, 0.717) is 12.0 Å². The number of rotatable bonds is 2. The van der Waals surface area contributed by atoms with Crippen LogP contribution in [0.4, 0.5) is 0 Å². The normalized spacial score (nSPS) is 29.0. The van der Waals surface area contributed by atoms with Gasteiger partial charge in [0, 0.05) is 17.0 Å². The van der Waals surface area contributed by atoms with Crippen LogP contribution in [0.5, 0.6) is 0 Å². The summed E-state index contributed by atoms with van der Waals surface area (Å²) in [6, 6.07) is 2.81. The Morgan fingerprint density at radius 1 is 1.33 bits per heavy atom. The van der Waals surface area contributed by atoms with Gasteiger partial charge in [0.2, 0.25) is 0 Å². The van der Waals surface area contributed by atoms with Gasteiger partial charge in [-0.05, 0) is 55.5 Å². The highest BCUT2D eigenvalue weighted by Gasteiger charge is 2.26. The fourth-order valence-electron chi connectivity index (χ4n) is 2.44. The van der Waals surface area contributed by atoms with Gasteiger partial charge >= 0.3 is 0 Å². The maximum Gasteiger partial charge on any atom is 0.0421 e. The van der Waals surface area contributed by atoms with E-state index in [9.17, 15) is 0 Å². The van der Waals surface area contributed by atoms with Crippen molar-refractivity contribution >= 4 is 11.3 Å². The topological polar surface area (TPSA) is 52.0 Å². The molecule has 0 bridgehead atoms. The summed E-state index contributed by atoms with van der Waals surface area (Å²) in [6.45, 7) is 2.15. The highest BCUT2D eigenvalue weighted by Crippen LogP contribution is 2.35. The summed E-state index contributed by atoms with van der Waals surface area (Å²) < 4.78 is 0. The fourth-order valence-corrected chi connectivity index (χ4v) is 3.47. The van der Waals surface area contributed by atoms with Crippen LogP contribution in [0.3, 0.4) is 0 Å². The summed E-state index contributed by atoms with van der Waals surface area (Å²) in [6.07, 6.45) is 4.67. The number of hydrogen-bond acceptors (Lipinski definition) is 3.